The van der Waals surface area contributed by atoms with E-state index < -0.39 is 47.5 Å². The number of carbonyl (C=O) groups is 5. The van der Waals surface area contributed by atoms with Crippen LogP contribution < -0.4 is 30.7 Å². The zero-order chi connectivity index (χ0) is 51.7. The third-order valence-corrected chi connectivity index (χ3v) is 10.4. The SMILES string of the molecule is COC(=O)c1cc(OCC(C)C)c2cccc(NC(=O)c3coc([C@@H](CC(C)C)NC(=O)c4cc(OCC(C)C)c5cccc(NC(=O)c6coc([C@@H](CC(C)C)NC(=O)OC(C)(C)C)n6)c5n4)n3)c2n1. The average Bonchev–Trinajstić information content (AvgIpc) is 4.00. The van der Waals surface area contributed by atoms with E-state index >= 15 is 0 Å². The van der Waals surface area contributed by atoms with E-state index in [0.717, 1.165) is 0 Å². The number of hydrogen-bond donors (Lipinski definition) is 4. The Kier molecular flexibility index (Phi) is 17.0. The number of nitrogens with one attached hydrogen (secondary N) is 4. The van der Waals surface area contributed by atoms with Gasteiger partial charge in [-0.2, -0.15) is 0 Å². The summed E-state index contributed by atoms with van der Waals surface area (Å²) in [4.78, 5) is 85.5. The van der Waals surface area contributed by atoms with Gasteiger partial charge in [0, 0.05) is 22.9 Å². The second kappa shape index (κ2) is 22.9. The molecule has 0 bridgehead atoms. The van der Waals surface area contributed by atoms with Crippen LogP contribution in [0.2, 0.25) is 0 Å². The summed E-state index contributed by atoms with van der Waals surface area (Å²) in [6, 6.07) is 11.8. The molecule has 0 saturated carbocycles. The van der Waals surface area contributed by atoms with Gasteiger partial charge < -0.3 is 49.0 Å². The fourth-order valence-electron chi connectivity index (χ4n) is 7.26. The van der Waals surface area contributed by atoms with Gasteiger partial charge >= 0.3 is 12.1 Å². The first kappa shape index (κ1) is 52.8. The van der Waals surface area contributed by atoms with Gasteiger partial charge in [-0.05, 0) is 81.5 Å². The molecule has 0 aliphatic rings. The molecule has 4 amide bonds. The highest BCUT2D eigenvalue weighted by atomic mass is 16.6. The number of aromatic nitrogens is 4. The summed E-state index contributed by atoms with van der Waals surface area (Å²) in [6.45, 7) is 21.8. The van der Waals surface area contributed by atoms with Crippen LogP contribution in [0.3, 0.4) is 0 Å². The first-order valence-electron chi connectivity index (χ1n) is 23.6. The van der Waals surface area contributed by atoms with Crippen LogP contribution in [0.15, 0.2) is 69.9 Å². The molecule has 0 aliphatic heterocycles. The van der Waals surface area contributed by atoms with Crippen molar-refractivity contribution in [2.24, 2.45) is 23.7 Å². The number of hydrogen-bond acceptors (Lipinski definition) is 15. The quantitative estimate of drug-likeness (QED) is 0.0520. The van der Waals surface area contributed by atoms with Crippen molar-refractivity contribution >= 4 is 63.0 Å². The lowest BCUT2D eigenvalue weighted by atomic mass is 10.0. The number of para-hydroxylation sites is 2. The number of benzene rings is 2. The van der Waals surface area contributed by atoms with Gasteiger partial charge in [-0.25, -0.2) is 29.5 Å². The molecule has 0 radical (unpaired) electrons. The van der Waals surface area contributed by atoms with E-state index in [9.17, 15) is 24.0 Å². The number of methoxy groups -OCH3 is 1. The topological polar surface area (TPSA) is 248 Å². The number of pyridine rings is 2. The normalized spacial score (nSPS) is 12.6. The first-order chi connectivity index (χ1) is 33.6. The van der Waals surface area contributed by atoms with Crippen LogP contribution in [0.1, 0.15) is 155 Å². The van der Waals surface area contributed by atoms with Crippen molar-refractivity contribution in [2.45, 2.75) is 107 Å². The summed E-state index contributed by atoms with van der Waals surface area (Å²) in [7, 11) is 1.25. The minimum absolute atomic E-state index is 0.0000395. The van der Waals surface area contributed by atoms with Crippen LogP contribution in [0.25, 0.3) is 21.8 Å². The Morgan fingerprint density at radius 1 is 0.577 bits per heavy atom. The molecular weight excluding hydrogens is 913 g/mol. The largest absolute Gasteiger partial charge is 0.493 e. The number of carbonyl (C=O) groups excluding carboxylic acids is 5. The van der Waals surface area contributed by atoms with Crippen molar-refractivity contribution in [2.75, 3.05) is 31.0 Å². The van der Waals surface area contributed by atoms with E-state index in [1.807, 2.05) is 55.4 Å². The number of ether oxygens (including phenoxy) is 4. The Bertz CT molecular complexity index is 2880. The van der Waals surface area contributed by atoms with Crippen molar-refractivity contribution in [3.8, 4) is 11.5 Å². The second-order valence-corrected chi connectivity index (χ2v) is 19.9. The maximum atomic E-state index is 14.3. The Morgan fingerprint density at radius 2 is 1.03 bits per heavy atom. The molecule has 0 saturated heterocycles. The van der Waals surface area contributed by atoms with Gasteiger partial charge in [0.15, 0.2) is 17.1 Å². The standard InChI is InChI=1S/C52H64N8O11/c1-27(2)19-36(48-58-39(25-69-48)46(62)56-34-18-14-16-32-42(68-24-30(7)8)22-38(50(64)66-12)54-44(32)34)57-45(61)35-21-41(67-23-29(5)6)31-15-13-17-33(43(31)53-35)55-47(63)40-26-70-49(59-40)37(20-28(3)4)60-51(65)71-52(9,10)11/h13-18,21-22,25-30,36-37H,19-20,23-24H2,1-12H3,(H,55,63)(H,56,62)(H,57,61)(H,60,65)/t36-,37-/m1/s1. The molecule has 6 aromatic rings. The van der Waals surface area contributed by atoms with Gasteiger partial charge in [0.2, 0.25) is 11.8 Å². The van der Waals surface area contributed by atoms with E-state index in [2.05, 4.69) is 36.2 Å². The molecule has 19 heteroatoms. The molecule has 6 rings (SSSR count). The molecule has 0 aliphatic carbocycles. The number of anilines is 2. The average molecular weight is 977 g/mol. The summed E-state index contributed by atoms with van der Waals surface area (Å²) in [6.07, 6.45) is 2.58. The van der Waals surface area contributed by atoms with Gasteiger partial charge in [-0.3, -0.25) is 14.4 Å². The summed E-state index contributed by atoms with van der Waals surface area (Å²) >= 11 is 0. The molecule has 4 heterocycles. The minimum atomic E-state index is -0.815. The van der Waals surface area contributed by atoms with Crippen molar-refractivity contribution in [3.63, 3.8) is 0 Å². The molecule has 0 unspecified atom stereocenters. The highest BCUT2D eigenvalue weighted by molar-refractivity contribution is 6.10. The number of alkyl carbamates (subject to hydrolysis) is 1. The number of oxazole rings is 2. The van der Waals surface area contributed by atoms with Crippen LogP contribution in [0, 0.1) is 23.7 Å². The van der Waals surface area contributed by atoms with E-state index in [-0.39, 0.29) is 75.1 Å². The summed E-state index contributed by atoms with van der Waals surface area (Å²) in [5, 5.41) is 12.6. The molecule has 19 nitrogen and oxygen atoms in total. The molecule has 378 valence electrons. The molecule has 71 heavy (non-hydrogen) atoms. The minimum Gasteiger partial charge on any atom is -0.493 e. The van der Waals surface area contributed by atoms with Crippen molar-refractivity contribution in [3.05, 3.63) is 95.6 Å². The molecule has 2 aromatic carbocycles. The second-order valence-electron chi connectivity index (χ2n) is 19.9. The van der Waals surface area contributed by atoms with E-state index in [1.54, 1.807) is 57.2 Å². The van der Waals surface area contributed by atoms with Gasteiger partial charge in [0.05, 0.1) is 42.7 Å². The Labute approximate surface area is 412 Å². The monoisotopic (exact) mass is 976 g/mol. The highest BCUT2D eigenvalue weighted by Gasteiger charge is 2.29. The molecule has 0 spiro atoms. The third-order valence-electron chi connectivity index (χ3n) is 10.4. The van der Waals surface area contributed by atoms with Crippen molar-refractivity contribution in [1.29, 1.82) is 0 Å². The smallest absolute Gasteiger partial charge is 0.408 e. The maximum Gasteiger partial charge on any atom is 0.408 e. The molecule has 4 N–H and O–H groups in total. The number of rotatable bonds is 20. The molecule has 2 atom stereocenters. The first-order valence-corrected chi connectivity index (χ1v) is 23.6. The number of fused-ring (bicyclic) bond motifs is 2. The summed E-state index contributed by atoms with van der Waals surface area (Å²) < 4.78 is 34.3. The highest BCUT2D eigenvalue weighted by Crippen LogP contribution is 2.34. The van der Waals surface area contributed by atoms with E-state index in [1.165, 1.54) is 31.8 Å². The lowest BCUT2D eigenvalue weighted by molar-refractivity contribution is 0.0487. The van der Waals surface area contributed by atoms with Crippen molar-refractivity contribution < 1.29 is 51.8 Å². The molecular formula is C52H64N8O11. The van der Waals surface area contributed by atoms with Crippen LogP contribution in [0.5, 0.6) is 11.5 Å². The van der Waals surface area contributed by atoms with Gasteiger partial charge in [0.1, 0.15) is 47.4 Å². The maximum absolute atomic E-state index is 14.3. The predicted octanol–water partition coefficient (Wildman–Crippen LogP) is 10.2. The third kappa shape index (κ3) is 14.0. The Balaban J connectivity index is 1.26. The number of amides is 4. The zero-order valence-corrected chi connectivity index (χ0v) is 42.3. The van der Waals surface area contributed by atoms with Gasteiger partial charge in [-0.1, -0.05) is 67.5 Å². The summed E-state index contributed by atoms with van der Waals surface area (Å²) in [5.41, 5.74) is 0.204. The zero-order valence-electron chi connectivity index (χ0n) is 42.3. The van der Waals surface area contributed by atoms with E-state index in [0.29, 0.717) is 53.8 Å². The van der Waals surface area contributed by atoms with Crippen LogP contribution >= 0.6 is 0 Å². The van der Waals surface area contributed by atoms with Crippen LogP contribution in [0.4, 0.5) is 16.2 Å². The Morgan fingerprint density at radius 3 is 1.46 bits per heavy atom. The Hall–Kier alpha value is -7.57. The van der Waals surface area contributed by atoms with Crippen LogP contribution in [-0.4, -0.2) is 75.6 Å². The van der Waals surface area contributed by atoms with Crippen molar-refractivity contribution in [1.82, 2.24) is 30.6 Å². The predicted molar refractivity (Wildman–Crippen MR) is 266 cm³/mol. The fourth-order valence-corrected chi connectivity index (χ4v) is 7.26. The van der Waals surface area contributed by atoms with Gasteiger partial charge in [-0.15, -0.1) is 0 Å². The fraction of sp³-hybridized carbons (Fsp3) is 0.442. The lowest BCUT2D eigenvalue weighted by Crippen LogP contribution is -2.35. The van der Waals surface area contributed by atoms with E-state index in [4.69, 9.17) is 32.8 Å². The molecule has 4 aromatic heterocycles. The number of nitrogens with zero attached hydrogens (tertiary/aromatic N) is 4. The lowest BCUT2D eigenvalue weighted by Gasteiger charge is -2.23. The molecule has 0 fully saturated rings. The summed E-state index contributed by atoms with van der Waals surface area (Å²) in [5.74, 6) is -1.09. The van der Waals surface area contributed by atoms with Crippen LogP contribution in [-0.2, 0) is 9.47 Å². The van der Waals surface area contributed by atoms with Gasteiger partial charge in [0.25, 0.3) is 17.7 Å². The number of esters is 1.